The van der Waals surface area contributed by atoms with Crippen molar-refractivity contribution >= 4 is 34.6 Å². The molecule has 1 atom stereocenters. The fourth-order valence-corrected chi connectivity index (χ4v) is 3.60. The number of alkyl halides is 4. The maximum absolute atomic E-state index is 13.9. The standard InChI is InChI=1S/C25H25F5N6O6/c1-35(2)19(37)8-4-3-6-14(33-24(40)41)21(38)32-15-7-5-9-36(22(15)39)12-18-31-16-10-13(26)11-17(20(16)34-18)42-25(29,30)23(27)28/h4-5,7-11,14,23,33H,3,6,12H2,1-2H3,(H,31,34)(H,32,38)(H,40,41)/b8-4+. The van der Waals surface area contributed by atoms with Crippen molar-refractivity contribution in [3.8, 4) is 5.75 Å². The summed E-state index contributed by atoms with van der Waals surface area (Å²) in [6, 6.07) is 2.65. The molecule has 0 saturated carbocycles. The molecule has 0 spiro atoms. The summed E-state index contributed by atoms with van der Waals surface area (Å²) in [5, 5.41) is 13.5. The average molecular weight is 601 g/mol. The fourth-order valence-electron chi connectivity index (χ4n) is 3.60. The van der Waals surface area contributed by atoms with Crippen LogP contribution < -0.4 is 20.9 Å². The molecule has 226 valence electrons. The fraction of sp³-hybridized carbons (Fsp3) is 0.320. The van der Waals surface area contributed by atoms with E-state index in [0.717, 1.165) is 10.6 Å². The molecule has 0 aliphatic rings. The summed E-state index contributed by atoms with van der Waals surface area (Å²) in [7, 11) is 3.08. The first-order valence-corrected chi connectivity index (χ1v) is 12.1. The van der Waals surface area contributed by atoms with Gasteiger partial charge in [0.05, 0.1) is 12.1 Å². The van der Waals surface area contributed by atoms with E-state index >= 15 is 0 Å². The topological polar surface area (TPSA) is 159 Å². The minimum Gasteiger partial charge on any atom is -0.465 e. The summed E-state index contributed by atoms with van der Waals surface area (Å²) in [5.41, 5.74) is -1.59. The lowest BCUT2D eigenvalue weighted by Gasteiger charge is -2.16. The second-order valence-corrected chi connectivity index (χ2v) is 9.01. The van der Waals surface area contributed by atoms with Crippen LogP contribution in [0, 0.1) is 5.82 Å². The van der Waals surface area contributed by atoms with Crippen molar-refractivity contribution in [1.29, 1.82) is 0 Å². The Labute approximate surface area is 233 Å². The van der Waals surface area contributed by atoms with Crippen LogP contribution in [0.3, 0.4) is 0 Å². The number of imidazole rings is 1. The third-order valence-electron chi connectivity index (χ3n) is 5.60. The van der Waals surface area contributed by atoms with Crippen molar-refractivity contribution in [3.63, 3.8) is 0 Å². The number of halogens is 5. The van der Waals surface area contributed by atoms with Gasteiger partial charge in [0, 0.05) is 26.4 Å². The van der Waals surface area contributed by atoms with Crippen LogP contribution in [0.1, 0.15) is 18.7 Å². The molecule has 3 amide bonds. The van der Waals surface area contributed by atoms with Crippen LogP contribution in [0.4, 0.5) is 32.4 Å². The zero-order valence-electron chi connectivity index (χ0n) is 22.0. The van der Waals surface area contributed by atoms with E-state index in [1.54, 1.807) is 14.1 Å². The Hall–Kier alpha value is -4.96. The number of amides is 3. The summed E-state index contributed by atoms with van der Waals surface area (Å²) in [6.45, 7) is -0.356. The van der Waals surface area contributed by atoms with Crippen molar-refractivity contribution in [2.24, 2.45) is 0 Å². The van der Waals surface area contributed by atoms with E-state index in [2.05, 4.69) is 20.0 Å². The molecule has 1 unspecified atom stereocenters. The first-order valence-electron chi connectivity index (χ1n) is 12.1. The lowest BCUT2D eigenvalue weighted by molar-refractivity contribution is -0.252. The maximum Gasteiger partial charge on any atom is 0.461 e. The van der Waals surface area contributed by atoms with Crippen LogP contribution in [-0.2, 0) is 16.1 Å². The SMILES string of the molecule is CN(C)C(=O)/C=C/CCC(NC(=O)O)C(=O)Nc1cccn(Cc2nc3c(OC(F)(F)C(F)F)cc(F)cc3[nH]2)c1=O. The van der Waals surface area contributed by atoms with Crippen molar-refractivity contribution in [2.75, 3.05) is 19.4 Å². The largest absolute Gasteiger partial charge is 0.465 e. The molecule has 0 aliphatic carbocycles. The van der Waals surface area contributed by atoms with Gasteiger partial charge in [-0.15, -0.1) is 0 Å². The van der Waals surface area contributed by atoms with Gasteiger partial charge >= 0.3 is 18.6 Å². The summed E-state index contributed by atoms with van der Waals surface area (Å²) in [6.07, 6.45) is -6.49. The third-order valence-corrected chi connectivity index (χ3v) is 5.60. The maximum atomic E-state index is 13.9. The molecule has 0 saturated heterocycles. The van der Waals surface area contributed by atoms with E-state index in [0.29, 0.717) is 6.07 Å². The smallest absolute Gasteiger partial charge is 0.461 e. The van der Waals surface area contributed by atoms with Crippen LogP contribution in [0.15, 0.2) is 47.4 Å². The van der Waals surface area contributed by atoms with Gasteiger partial charge in [0.1, 0.15) is 28.9 Å². The van der Waals surface area contributed by atoms with Gasteiger partial charge in [-0.1, -0.05) is 6.08 Å². The number of carbonyl (C=O) groups is 3. The molecule has 42 heavy (non-hydrogen) atoms. The second kappa shape index (κ2) is 13.1. The summed E-state index contributed by atoms with van der Waals surface area (Å²) < 4.78 is 71.1. The molecule has 2 heterocycles. The number of H-pyrrole nitrogens is 1. The van der Waals surface area contributed by atoms with E-state index in [4.69, 9.17) is 5.11 Å². The first-order chi connectivity index (χ1) is 19.7. The summed E-state index contributed by atoms with van der Waals surface area (Å²) >= 11 is 0. The predicted molar refractivity (Wildman–Crippen MR) is 138 cm³/mol. The Bertz CT molecular complexity index is 1550. The number of aromatic amines is 1. The Morgan fingerprint density at radius 3 is 2.62 bits per heavy atom. The number of rotatable bonds is 12. The van der Waals surface area contributed by atoms with Crippen LogP contribution in [-0.4, -0.2) is 75.1 Å². The highest BCUT2D eigenvalue weighted by Gasteiger charge is 2.44. The van der Waals surface area contributed by atoms with Crippen molar-refractivity contribution in [2.45, 2.75) is 38.0 Å². The molecule has 0 fully saturated rings. The van der Waals surface area contributed by atoms with Crippen LogP contribution in [0.25, 0.3) is 11.0 Å². The number of nitrogens with one attached hydrogen (secondary N) is 3. The van der Waals surface area contributed by atoms with Gasteiger partial charge in [-0.05, 0) is 37.1 Å². The monoisotopic (exact) mass is 600 g/mol. The van der Waals surface area contributed by atoms with Gasteiger partial charge in [0.15, 0.2) is 5.75 Å². The van der Waals surface area contributed by atoms with Gasteiger partial charge in [-0.2, -0.15) is 17.6 Å². The van der Waals surface area contributed by atoms with Gasteiger partial charge in [0.25, 0.3) is 5.56 Å². The molecule has 17 heteroatoms. The van der Waals surface area contributed by atoms with E-state index in [1.165, 1.54) is 35.4 Å². The number of hydrogen-bond acceptors (Lipinski definition) is 6. The van der Waals surface area contributed by atoms with Crippen molar-refractivity contribution in [3.05, 3.63) is 64.6 Å². The normalized spacial score (nSPS) is 12.5. The van der Waals surface area contributed by atoms with Gasteiger partial charge in [0.2, 0.25) is 11.8 Å². The quantitative estimate of drug-likeness (QED) is 0.184. The number of ether oxygens (including phenoxy) is 1. The molecule has 0 bridgehead atoms. The van der Waals surface area contributed by atoms with E-state index in [9.17, 15) is 41.1 Å². The molecule has 3 aromatic rings. The zero-order valence-corrected chi connectivity index (χ0v) is 22.0. The number of anilines is 1. The molecule has 0 radical (unpaired) electrons. The highest BCUT2D eigenvalue weighted by molar-refractivity contribution is 5.96. The van der Waals surface area contributed by atoms with E-state index in [1.807, 2.05) is 5.32 Å². The lowest BCUT2D eigenvalue weighted by Crippen LogP contribution is -2.44. The minimum absolute atomic E-state index is 0.0408. The van der Waals surface area contributed by atoms with Crippen LogP contribution >= 0.6 is 0 Å². The Morgan fingerprint density at radius 2 is 1.98 bits per heavy atom. The lowest BCUT2D eigenvalue weighted by atomic mass is 10.1. The van der Waals surface area contributed by atoms with Crippen molar-refractivity contribution in [1.82, 2.24) is 24.8 Å². The highest BCUT2D eigenvalue weighted by atomic mass is 19.3. The van der Waals surface area contributed by atoms with Gasteiger partial charge in [-0.3, -0.25) is 14.4 Å². The second-order valence-electron chi connectivity index (χ2n) is 9.01. The predicted octanol–water partition coefficient (Wildman–Crippen LogP) is 3.15. The Balaban J connectivity index is 1.80. The Morgan fingerprint density at radius 1 is 1.26 bits per heavy atom. The third kappa shape index (κ3) is 8.05. The van der Waals surface area contributed by atoms with Crippen molar-refractivity contribution < 1.29 is 46.2 Å². The van der Waals surface area contributed by atoms with Crippen LogP contribution in [0.2, 0.25) is 0 Å². The number of carboxylic acid groups (broad SMARTS) is 1. The number of allylic oxidation sites excluding steroid dienone is 1. The van der Waals surface area contributed by atoms with E-state index < -0.39 is 53.2 Å². The number of benzene rings is 1. The highest BCUT2D eigenvalue weighted by Crippen LogP contribution is 2.32. The molecule has 4 N–H and O–H groups in total. The number of nitrogens with zero attached hydrogens (tertiary/aromatic N) is 3. The molecule has 1 aromatic carbocycles. The number of carbonyl (C=O) groups excluding carboxylic acids is 2. The number of aromatic nitrogens is 3. The minimum atomic E-state index is -4.92. The average Bonchev–Trinajstić information content (AvgIpc) is 3.29. The number of pyridine rings is 1. The zero-order chi connectivity index (χ0) is 31.2. The van der Waals surface area contributed by atoms with Gasteiger partial charge in [-0.25, -0.2) is 14.2 Å². The van der Waals surface area contributed by atoms with Gasteiger partial charge < -0.3 is 34.9 Å². The molecule has 3 rings (SSSR count). The number of hydrogen-bond donors (Lipinski definition) is 4. The molecular weight excluding hydrogens is 575 g/mol. The first kappa shape index (κ1) is 31.6. The molecule has 0 aliphatic heterocycles. The molecular formula is C25H25F5N6O6. The molecule has 12 nitrogen and oxygen atoms in total. The van der Waals surface area contributed by atoms with E-state index in [-0.39, 0.29) is 42.3 Å². The van der Waals surface area contributed by atoms with Crippen LogP contribution in [0.5, 0.6) is 5.75 Å². The number of fused-ring (bicyclic) bond motifs is 1. The molecule has 2 aromatic heterocycles. The summed E-state index contributed by atoms with van der Waals surface area (Å²) in [5.74, 6) is -3.28. The summed E-state index contributed by atoms with van der Waals surface area (Å²) in [4.78, 5) is 56.5. The number of likely N-dealkylation sites (N-methyl/N-ethyl adjacent to an activating group) is 1. The Kier molecular flexibility index (Phi) is 9.87.